The lowest BCUT2D eigenvalue weighted by Crippen LogP contribution is -2.60. The molecule has 4 heteroatoms. The van der Waals surface area contributed by atoms with Crippen LogP contribution in [0.25, 0.3) is 0 Å². The van der Waals surface area contributed by atoms with Crippen molar-refractivity contribution in [3.05, 3.63) is 71.8 Å². The number of rotatable bonds is 8. The topological polar surface area (TPSA) is 55.5 Å². The van der Waals surface area contributed by atoms with Crippen LogP contribution in [-0.2, 0) is 10.0 Å². The van der Waals surface area contributed by atoms with Crippen LogP contribution in [0.15, 0.2) is 60.7 Å². The summed E-state index contributed by atoms with van der Waals surface area (Å²) in [6.45, 7) is 18.0. The lowest BCUT2D eigenvalue weighted by atomic mass is 9.78. The fourth-order valence-electron chi connectivity index (χ4n) is 5.50. The van der Waals surface area contributed by atoms with Gasteiger partial charge in [0.15, 0.2) is 0 Å². The Morgan fingerprint density at radius 3 is 1.43 bits per heavy atom. The minimum absolute atomic E-state index is 0.0426. The highest BCUT2D eigenvalue weighted by molar-refractivity contribution is 6.79. The molecule has 0 aromatic heterocycles. The van der Waals surface area contributed by atoms with E-state index in [0.29, 0.717) is 11.1 Å². The van der Waals surface area contributed by atoms with Gasteiger partial charge in [-0.25, -0.2) is 0 Å². The maximum atomic E-state index is 12.1. The molecule has 0 aliphatic heterocycles. The molecule has 2 aromatic carbocycles. The molecule has 0 aliphatic rings. The predicted octanol–water partition coefficient (Wildman–Crippen LogP) is 6.22. The zero-order valence-corrected chi connectivity index (χ0v) is 21.0. The number of benzene rings is 2. The van der Waals surface area contributed by atoms with Crippen LogP contribution in [0.2, 0.25) is 16.1 Å². The Hall–Kier alpha value is -1.46. The summed E-state index contributed by atoms with van der Waals surface area (Å²) in [5, 5.41) is 12.1. The fourth-order valence-corrected chi connectivity index (χ4v) is 12.0. The van der Waals surface area contributed by atoms with Gasteiger partial charge in [0.2, 0.25) is 8.32 Å². The van der Waals surface area contributed by atoms with Crippen LogP contribution in [0.3, 0.4) is 0 Å². The summed E-state index contributed by atoms with van der Waals surface area (Å²) in [5.74, 6) is 0. The Balaban J connectivity index is 2.54. The smallest absolute Gasteiger partial charge is 0.203 e. The molecule has 3 nitrogen and oxygen atoms in total. The molecule has 2 aromatic rings. The molecule has 2 atom stereocenters. The van der Waals surface area contributed by atoms with E-state index in [2.05, 4.69) is 48.5 Å². The summed E-state index contributed by atoms with van der Waals surface area (Å²) >= 11 is 0. The van der Waals surface area contributed by atoms with Crippen LogP contribution in [0, 0.1) is 0 Å². The minimum atomic E-state index is -2.25. The average Bonchev–Trinajstić information content (AvgIpc) is 2.70. The van der Waals surface area contributed by atoms with E-state index < -0.39 is 20.0 Å². The van der Waals surface area contributed by atoms with Gasteiger partial charge in [0.1, 0.15) is 5.60 Å². The van der Waals surface area contributed by atoms with Gasteiger partial charge in [0.05, 0.1) is 12.1 Å². The Morgan fingerprint density at radius 2 is 1.13 bits per heavy atom. The first-order valence-corrected chi connectivity index (χ1v) is 13.2. The second-order valence-corrected chi connectivity index (χ2v) is 15.8. The molecule has 0 bridgehead atoms. The van der Waals surface area contributed by atoms with Crippen molar-refractivity contribution in [1.82, 2.24) is 0 Å². The Labute approximate surface area is 184 Å². The van der Waals surface area contributed by atoms with E-state index in [1.54, 1.807) is 0 Å². The molecule has 0 fully saturated rings. The van der Waals surface area contributed by atoms with E-state index >= 15 is 0 Å². The van der Waals surface area contributed by atoms with Crippen molar-refractivity contribution in [2.24, 2.45) is 5.73 Å². The van der Waals surface area contributed by atoms with Crippen molar-refractivity contribution >= 4 is 8.32 Å². The summed E-state index contributed by atoms with van der Waals surface area (Å²) in [7, 11) is -2.25. The maximum Gasteiger partial charge on any atom is 0.203 e. The molecule has 0 spiro atoms. The van der Waals surface area contributed by atoms with Crippen LogP contribution in [0.4, 0.5) is 0 Å². The summed E-state index contributed by atoms with van der Waals surface area (Å²) in [5.41, 5.74) is 7.94. The third-order valence-corrected chi connectivity index (χ3v) is 13.2. The number of nitrogens with two attached hydrogens (primary N) is 1. The van der Waals surface area contributed by atoms with Gasteiger partial charge < -0.3 is 15.3 Å². The average molecular weight is 428 g/mol. The second kappa shape index (κ2) is 9.35. The first-order valence-electron chi connectivity index (χ1n) is 11.2. The van der Waals surface area contributed by atoms with Crippen LogP contribution in [-0.4, -0.2) is 25.6 Å². The van der Waals surface area contributed by atoms with Gasteiger partial charge in [0, 0.05) is 0 Å². The number of aliphatic hydroxyl groups is 1. The molecule has 166 valence electrons. The van der Waals surface area contributed by atoms with Crippen LogP contribution < -0.4 is 5.73 Å². The second-order valence-electron chi connectivity index (χ2n) is 10.2. The van der Waals surface area contributed by atoms with Gasteiger partial charge >= 0.3 is 0 Å². The van der Waals surface area contributed by atoms with Crippen molar-refractivity contribution < 1.29 is 9.53 Å². The molecule has 3 N–H and O–H groups in total. The molecule has 0 aliphatic carbocycles. The van der Waals surface area contributed by atoms with Crippen molar-refractivity contribution in [3.8, 4) is 0 Å². The quantitative estimate of drug-likeness (QED) is 0.492. The number of hydrogen-bond acceptors (Lipinski definition) is 3. The van der Waals surface area contributed by atoms with E-state index in [-0.39, 0.29) is 11.1 Å². The molecule has 2 unspecified atom stereocenters. The van der Waals surface area contributed by atoms with Crippen molar-refractivity contribution in [1.29, 1.82) is 0 Å². The normalized spacial score (nSPS) is 15.5. The van der Waals surface area contributed by atoms with E-state index in [1.165, 1.54) is 0 Å². The largest absolute Gasteiger partial charge is 0.411 e. The van der Waals surface area contributed by atoms with E-state index in [1.807, 2.05) is 67.6 Å². The minimum Gasteiger partial charge on any atom is -0.411 e. The molecular weight excluding hydrogens is 386 g/mol. The zero-order chi connectivity index (χ0) is 22.7. The highest BCUT2D eigenvalue weighted by Gasteiger charge is 2.54. The molecule has 0 heterocycles. The van der Waals surface area contributed by atoms with Gasteiger partial charge in [-0.15, -0.1) is 0 Å². The molecule has 30 heavy (non-hydrogen) atoms. The molecular formula is C26H41NO2Si. The summed E-state index contributed by atoms with van der Waals surface area (Å²) in [6, 6.07) is 18.8. The molecule has 0 radical (unpaired) electrons. The fraction of sp³-hybridized carbons (Fsp3) is 0.538. The molecule has 0 saturated heterocycles. The van der Waals surface area contributed by atoms with Crippen LogP contribution in [0.1, 0.15) is 66.5 Å². The zero-order valence-electron chi connectivity index (χ0n) is 20.0. The van der Waals surface area contributed by atoms with E-state index in [0.717, 1.165) is 11.1 Å². The standard InChI is InChI=1S/C26H41NO2Si/c1-19(2)30(20(3)4,25(6,7)8)29-21(5)24(27)26(28,22-15-11-9-12-16-22)23-17-13-10-14-18-23/h9-21,24,28H,27H2,1-8H3. The van der Waals surface area contributed by atoms with Gasteiger partial charge in [-0.1, -0.05) is 109 Å². The lowest BCUT2D eigenvalue weighted by Gasteiger charge is -2.51. The summed E-state index contributed by atoms with van der Waals surface area (Å²) in [6.07, 6.45) is -0.314. The molecule has 0 amide bonds. The van der Waals surface area contributed by atoms with Gasteiger partial charge in [-0.05, 0) is 34.2 Å². The Bertz CT molecular complexity index is 736. The molecule has 2 rings (SSSR count). The third-order valence-electron chi connectivity index (χ3n) is 6.68. The van der Waals surface area contributed by atoms with Crippen molar-refractivity contribution in [3.63, 3.8) is 0 Å². The summed E-state index contributed by atoms with van der Waals surface area (Å²) in [4.78, 5) is 0. The highest BCUT2D eigenvalue weighted by atomic mass is 28.4. The summed E-state index contributed by atoms with van der Waals surface area (Å²) < 4.78 is 7.03. The van der Waals surface area contributed by atoms with Gasteiger partial charge in [-0.3, -0.25) is 0 Å². The predicted molar refractivity (Wildman–Crippen MR) is 130 cm³/mol. The van der Waals surface area contributed by atoms with Crippen LogP contribution >= 0.6 is 0 Å². The van der Waals surface area contributed by atoms with E-state index in [9.17, 15) is 5.11 Å². The lowest BCUT2D eigenvalue weighted by molar-refractivity contribution is 0.00202. The van der Waals surface area contributed by atoms with Gasteiger partial charge in [-0.2, -0.15) is 0 Å². The third kappa shape index (κ3) is 4.42. The van der Waals surface area contributed by atoms with Crippen LogP contribution in [0.5, 0.6) is 0 Å². The SMILES string of the molecule is CC(O[Si](C(C)C)(C(C)C)C(C)(C)C)C(N)C(O)(c1ccccc1)c1ccccc1. The van der Waals surface area contributed by atoms with Crippen molar-refractivity contribution in [2.45, 2.75) is 89.3 Å². The Morgan fingerprint density at radius 1 is 0.767 bits per heavy atom. The maximum absolute atomic E-state index is 12.1. The molecule has 0 saturated carbocycles. The van der Waals surface area contributed by atoms with E-state index in [4.69, 9.17) is 10.2 Å². The highest BCUT2D eigenvalue weighted by Crippen LogP contribution is 2.51. The van der Waals surface area contributed by atoms with Gasteiger partial charge in [0.25, 0.3) is 0 Å². The number of hydrogen-bond donors (Lipinski definition) is 2. The first kappa shape index (κ1) is 24.8. The Kier molecular flexibility index (Phi) is 7.73. The van der Waals surface area contributed by atoms with Crippen molar-refractivity contribution in [2.75, 3.05) is 0 Å². The monoisotopic (exact) mass is 427 g/mol. The first-order chi connectivity index (χ1) is 13.9.